The average Bonchev–Trinajstić information content (AvgIpc) is 2.35. The highest BCUT2D eigenvalue weighted by atomic mass is 35.5. The molecule has 0 aliphatic carbocycles. The third-order valence-electron chi connectivity index (χ3n) is 3.04. The van der Waals surface area contributed by atoms with Crippen LogP contribution >= 0.6 is 11.6 Å². The van der Waals surface area contributed by atoms with Gasteiger partial charge in [-0.1, -0.05) is 23.7 Å². The second kappa shape index (κ2) is 4.83. The number of carbonyl (C=O) groups is 1. The van der Waals surface area contributed by atoms with Gasteiger partial charge >= 0.3 is 0 Å². The summed E-state index contributed by atoms with van der Waals surface area (Å²) in [6.07, 6.45) is 0. The Hall–Kier alpha value is -1.80. The fourth-order valence-corrected chi connectivity index (χ4v) is 2.00. The molecular weight excluding hydrogens is 246 g/mol. The monoisotopic (exact) mass is 259 g/mol. The van der Waals surface area contributed by atoms with E-state index < -0.39 is 0 Å². The Morgan fingerprint density at radius 3 is 2.56 bits per heavy atom. The van der Waals surface area contributed by atoms with Gasteiger partial charge in [-0.3, -0.25) is 4.79 Å². The highest BCUT2D eigenvalue weighted by molar-refractivity contribution is 6.32. The van der Waals surface area contributed by atoms with Gasteiger partial charge in [0.05, 0.1) is 0 Å². The van der Waals surface area contributed by atoms with Crippen molar-refractivity contribution in [2.24, 2.45) is 0 Å². The minimum Gasteiger partial charge on any atom is -0.399 e. The summed E-state index contributed by atoms with van der Waals surface area (Å²) in [5, 5.41) is 0.605. The number of anilines is 1. The Morgan fingerprint density at radius 1 is 1.17 bits per heavy atom. The number of aryl methyl sites for hydroxylation is 1. The van der Waals surface area contributed by atoms with E-state index in [1.807, 2.05) is 13.8 Å². The van der Waals surface area contributed by atoms with Crippen molar-refractivity contribution in [1.29, 1.82) is 0 Å². The normalized spacial score (nSPS) is 10.4. The number of halogens is 1. The fourth-order valence-electron chi connectivity index (χ4n) is 1.83. The molecular formula is C15H14ClNO. The van der Waals surface area contributed by atoms with Crippen LogP contribution in [0.4, 0.5) is 5.69 Å². The molecule has 0 atom stereocenters. The van der Waals surface area contributed by atoms with E-state index in [4.69, 9.17) is 17.3 Å². The first-order valence-electron chi connectivity index (χ1n) is 5.66. The summed E-state index contributed by atoms with van der Waals surface area (Å²) in [7, 11) is 0. The van der Waals surface area contributed by atoms with Gasteiger partial charge in [0.25, 0.3) is 0 Å². The van der Waals surface area contributed by atoms with Crippen LogP contribution in [-0.4, -0.2) is 5.78 Å². The molecule has 0 unspecified atom stereocenters. The first kappa shape index (κ1) is 12.7. The predicted octanol–water partition coefficient (Wildman–Crippen LogP) is 3.77. The molecule has 18 heavy (non-hydrogen) atoms. The van der Waals surface area contributed by atoms with E-state index in [2.05, 4.69) is 0 Å². The Bertz CT molecular complexity index is 620. The van der Waals surface area contributed by atoms with Crippen molar-refractivity contribution < 1.29 is 4.79 Å². The van der Waals surface area contributed by atoms with E-state index in [-0.39, 0.29) is 5.78 Å². The Morgan fingerprint density at radius 2 is 1.89 bits per heavy atom. The zero-order valence-corrected chi connectivity index (χ0v) is 11.1. The molecule has 0 spiro atoms. The number of carbonyl (C=O) groups excluding carboxylic acids is 1. The molecule has 0 bridgehead atoms. The van der Waals surface area contributed by atoms with E-state index in [0.29, 0.717) is 21.8 Å². The van der Waals surface area contributed by atoms with Gasteiger partial charge in [-0.25, -0.2) is 0 Å². The van der Waals surface area contributed by atoms with Crippen LogP contribution in [0.15, 0.2) is 36.4 Å². The highest BCUT2D eigenvalue weighted by Gasteiger charge is 2.13. The van der Waals surface area contributed by atoms with Crippen molar-refractivity contribution >= 4 is 23.1 Å². The van der Waals surface area contributed by atoms with Crippen molar-refractivity contribution in [1.82, 2.24) is 0 Å². The van der Waals surface area contributed by atoms with Crippen LogP contribution in [0.2, 0.25) is 5.02 Å². The molecule has 0 aliphatic rings. The molecule has 0 radical (unpaired) electrons. The molecule has 0 fully saturated rings. The van der Waals surface area contributed by atoms with E-state index in [0.717, 1.165) is 11.1 Å². The summed E-state index contributed by atoms with van der Waals surface area (Å²) in [5.74, 6) is -0.0295. The average molecular weight is 260 g/mol. The molecule has 2 rings (SSSR count). The van der Waals surface area contributed by atoms with Crippen LogP contribution in [0.25, 0.3) is 0 Å². The van der Waals surface area contributed by atoms with Crippen LogP contribution in [0.5, 0.6) is 0 Å². The number of hydrogen-bond acceptors (Lipinski definition) is 2. The number of benzene rings is 2. The van der Waals surface area contributed by atoms with Crippen LogP contribution < -0.4 is 5.73 Å². The highest BCUT2D eigenvalue weighted by Crippen LogP contribution is 2.22. The van der Waals surface area contributed by atoms with E-state index in [1.165, 1.54) is 0 Å². The molecule has 0 aliphatic heterocycles. The van der Waals surface area contributed by atoms with Gasteiger partial charge in [-0.2, -0.15) is 0 Å². The molecule has 3 heteroatoms. The molecule has 2 aromatic rings. The Labute approximate surface area is 111 Å². The summed E-state index contributed by atoms with van der Waals surface area (Å²) in [4.78, 5) is 12.4. The van der Waals surface area contributed by atoms with Gasteiger partial charge in [0.15, 0.2) is 5.78 Å². The second-order valence-corrected chi connectivity index (χ2v) is 4.72. The van der Waals surface area contributed by atoms with Gasteiger partial charge in [0.1, 0.15) is 0 Å². The van der Waals surface area contributed by atoms with Crippen LogP contribution in [-0.2, 0) is 0 Å². The van der Waals surface area contributed by atoms with Crippen LogP contribution in [0.1, 0.15) is 27.0 Å². The molecule has 0 amide bonds. The lowest BCUT2D eigenvalue weighted by molar-refractivity contribution is 0.103. The zero-order valence-electron chi connectivity index (χ0n) is 10.3. The van der Waals surface area contributed by atoms with Crippen molar-refractivity contribution in [3.05, 3.63) is 63.7 Å². The van der Waals surface area contributed by atoms with Crippen molar-refractivity contribution in [3.63, 3.8) is 0 Å². The van der Waals surface area contributed by atoms with E-state index in [9.17, 15) is 4.79 Å². The third kappa shape index (κ3) is 2.24. The maximum atomic E-state index is 12.4. The third-order valence-corrected chi connectivity index (χ3v) is 3.45. The number of ketones is 1. The van der Waals surface area contributed by atoms with Gasteiger partial charge in [0, 0.05) is 21.8 Å². The SMILES string of the molecule is Cc1cc(C(=O)c2cccc(Cl)c2C)ccc1N. The Balaban J connectivity index is 2.48. The minimum absolute atomic E-state index is 0.0295. The van der Waals surface area contributed by atoms with Crippen molar-refractivity contribution in [2.45, 2.75) is 13.8 Å². The maximum Gasteiger partial charge on any atom is 0.193 e. The standard InChI is InChI=1S/C15H14ClNO/c1-9-8-11(6-7-14(9)17)15(18)12-4-3-5-13(16)10(12)2/h3-8H,17H2,1-2H3. The first-order chi connectivity index (χ1) is 8.50. The van der Waals surface area contributed by atoms with Crippen LogP contribution in [0, 0.1) is 13.8 Å². The summed E-state index contributed by atoms with van der Waals surface area (Å²) in [6, 6.07) is 10.6. The number of nitrogen functional groups attached to an aromatic ring is 1. The van der Waals surface area contributed by atoms with Gasteiger partial charge in [0.2, 0.25) is 0 Å². The van der Waals surface area contributed by atoms with Crippen molar-refractivity contribution in [3.8, 4) is 0 Å². The molecule has 2 nitrogen and oxygen atoms in total. The topological polar surface area (TPSA) is 43.1 Å². The molecule has 0 heterocycles. The van der Waals surface area contributed by atoms with Crippen molar-refractivity contribution in [2.75, 3.05) is 5.73 Å². The summed E-state index contributed by atoms with van der Waals surface area (Å²) in [5.41, 5.74) is 9.41. The van der Waals surface area contributed by atoms with Gasteiger partial charge in [-0.05, 0) is 49.2 Å². The largest absolute Gasteiger partial charge is 0.399 e. The van der Waals surface area contributed by atoms with Crippen LogP contribution in [0.3, 0.4) is 0 Å². The minimum atomic E-state index is -0.0295. The molecule has 0 aromatic heterocycles. The molecule has 0 saturated heterocycles. The smallest absolute Gasteiger partial charge is 0.193 e. The summed E-state index contributed by atoms with van der Waals surface area (Å²) in [6.45, 7) is 3.73. The quantitative estimate of drug-likeness (QED) is 0.659. The second-order valence-electron chi connectivity index (χ2n) is 4.31. The summed E-state index contributed by atoms with van der Waals surface area (Å²) >= 11 is 6.03. The number of hydrogen-bond donors (Lipinski definition) is 1. The Kier molecular flexibility index (Phi) is 3.39. The first-order valence-corrected chi connectivity index (χ1v) is 6.04. The molecule has 2 N–H and O–H groups in total. The summed E-state index contributed by atoms with van der Waals surface area (Å²) < 4.78 is 0. The predicted molar refractivity (Wildman–Crippen MR) is 75.2 cm³/mol. The number of rotatable bonds is 2. The lowest BCUT2D eigenvalue weighted by atomic mass is 9.97. The zero-order chi connectivity index (χ0) is 13.3. The molecule has 92 valence electrons. The van der Waals surface area contributed by atoms with Gasteiger partial charge < -0.3 is 5.73 Å². The maximum absolute atomic E-state index is 12.4. The lowest BCUT2D eigenvalue weighted by Gasteiger charge is -2.08. The number of nitrogens with two attached hydrogens (primary N) is 1. The lowest BCUT2D eigenvalue weighted by Crippen LogP contribution is -2.05. The van der Waals surface area contributed by atoms with E-state index >= 15 is 0 Å². The van der Waals surface area contributed by atoms with Gasteiger partial charge in [-0.15, -0.1) is 0 Å². The molecule has 2 aromatic carbocycles. The fraction of sp³-hybridized carbons (Fsp3) is 0.133. The molecule has 0 saturated carbocycles. The van der Waals surface area contributed by atoms with E-state index in [1.54, 1.807) is 36.4 Å².